The fraction of sp³-hybridized carbons (Fsp3) is 0.0526. The van der Waals surface area contributed by atoms with Gasteiger partial charge >= 0.3 is 0 Å². The quantitative estimate of drug-likeness (QED) is 0.359. The summed E-state index contributed by atoms with van der Waals surface area (Å²) < 4.78 is 7.11. The number of nitrogens with one attached hydrogen (secondary N) is 1. The molecule has 0 fully saturated rings. The first-order chi connectivity index (χ1) is 12.0. The molecule has 0 aliphatic carbocycles. The zero-order valence-electron chi connectivity index (χ0n) is 13.1. The highest BCUT2D eigenvalue weighted by Crippen LogP contribution is 2.27. The van der Waals surface area contributed by atoms with Crippen LogP contribution in [0.5, 0.6) is 5.75 Å². The number of amides is 1. The lowest BCUT2D eigenvalue weighted by Crippen LogP contribution is -2.13. The number of nitriles is 1. The minimum Gasteiger partial charge on any atom is -0.488 e. The standard InChI is InChI=1S/C19H14Br2N2O2/c1-2-9-25-18-8-3-13(11-17(18)21)10-14(12-22)19(24)23-16-6-4-15(20)5-7-16/h2-8,10-11H,1,9H2,(H,23,24)/b14-10-. The van der Waals surface area contributed by atoms with E-state index in [1.807, 2.05) is 18.2 Å². The molecule has 2 rings (SSSR count). The largest absolute Gasteiger partial charge is 0.488 e. The van der Waals surface area contributed by atoms with E-state index in [1.54, 1.807) is 36.4 Å². The van der Waals surface area contributed by atoms with Crippen molar-refractivity contribution in [2.24, 2.45) is 0 Å². The molecule has 0 aromatic heterocycles. The zero-order valence-corrected chi connectivity index (χ0v) is 16.3. The van der Waals surface area contributed by atoms with E-state index in [0.29, 0.717) is 23.6 Å². The van der Waals surface area contributed by atoms with Crippen LogP contribution in [0, 0.1) is 11.3 Å². The Balaban J connectivity index is 2.17. The van der Waals surface area contributed by atoms with Gasteiger partial charge in [0, 0.05) is 10.2 Å². The molecule has 126 valence electrons. The average Bonchev–Trinajstić information content (AvgIpc) is 2.60. The van der Waals surface area contributed by atoms with Crippen LogP contribution >= 0.6 is 31.9 Å². The highest BCUT2D eigenvalue weighted by Gasteiger charge is 2.10. The monoisotopic (exact) mass is 460 g/mol. The average molecular weight is 462 g/mol. The Bertz CT molecular complexity index is 853. The maximum absolute atomic E-state index is 12.3. The minimum absolute atomic E-state index is 0.00887. The van der Waals surface area contributed by atoms with E-state index in [9.17, 15) is 10.1 Å². The van der Waals surface area contributed by atoms with E-state index in [4.69, 9.17) is 4.74 Å². The van der Waals surface area contributed by atoms with Crippen molar-refractivity contribution < 1.29 is 9.53 Å². The molecule has 0 saturated carbocycles. The van der Waals surface area contributed by atoms with Gasteiger partial charge in [0.1, 0.15) is 24.0 Å². The number of benzene rings is 2. The molecular formula is C19H14Br2N2O2. The lowest BCUT2D eigenvalue weighted by atomic mass is 10.1. The summed E-state index contributed by atoms with van der Waals surface area (Å²) in [4.78, 5) is 12.3. The molecule has 0 heterocycles. The van der Waals surface area contributed by atoms with Crippen LogP contribution in [0.25, 0.3) is 6.08 Å². The molecule has 2 aromatic carbocycles. The number of carbonyl (C=O) groups excluding carboxylic acids is 1. The van der Waals surface area contributed by atoms with Gasteiger partial charge in [-0.15, -0.1) is 0 Å². The summed E-state index contributed by atoms with van der Waals surface area (Å²) in [5, 5.41) is 12.0. The Morgan fingerprint density at radius 3 is 2.56 bits per heavy atom. The van der Waals surface area contributed by atoms with Crippen molar-refractivity contribution in [3.8, 4) is 11.8 Å². The van der Waals surface area contributed by atoms with Crippen LogP contribution in [0.3, 0.4) is 0 Å². The van der Waals surface area contributed by atoms with Crippen LogP contribution in [0.1, 0.15) is 5.56 Å². The van der Waals surface area contributed by atoms with Crippen molar-refractivity contribution in [2.45, 2.75) is 0 Å². The van der Waals surface area contributed by atoms with Crippen LogP contribution in [-0.4, -0.2) is 12.5 Å². The van der Waals surface area contributed by atoms with Crippen molar-refractivity contribution >= 4 is 49.5 Å². The van der Waals surface area contributed by atoms with Crippen LogP contribution in [0.2, 0.25) is 0 Å². The summed E-state index contributed by atoms with van der Waals surface area (Å²) in [6, 6.07) is 14.4. The van der Waals surface area contributed by atoms with Crippen LogP contribution in [-0.2, 0) is 4.79 Å². The Labute approximate surface area is 163 Å². The van der Waals surface area contributed by atoms with E-state index in [-0.39, 0.29) is 5.57 Å². The Morgan fingerprint density at radius 1 is 1.24 bits per heavy atom. The molecule has 0 unspecified atom stereocenters. The number of hydrogen-bond donors (Lipinski definition) is 1. The molecule has 4 nitrogen and oxygen atoms in total. The van der Waals surface area contributed by atoms with Gasteiger partial charge in [-0.25, -0.2) is 0 Å². The van der Waals surface area contributed by atoms with E-state index < -0.39 is 5.91 Å². The third-order valence-electron chi connectivity index (χ3n) is 3.09. The predicted octanol–water partition coefficient (Wildman–Crippen LogP) is 5.32. The molecule has 0 radical (unpaired) electrons. The first-order valence-electron chi connectivity index (χ1n) is 7.25. The van der Waals surface area contributed by atoms with Crippen molar-refractivity contribution in [1.82, 2.24) is 0 Å². The number of hydrogen-bond acceptors (Lipinski definition) is 3. The maximum Gasteiger partial charge on any atom is 0.266 e. The Hall–Kier alpha value is -2.36. The smallest absolute Gasteiger partial charge is 0.266 e. The van der Waals surface area contributed by atoms with E-state index in [0.717, 1.165) is 8.95 Å². The fourth-order valence-corrected chi connectivity index (χ4v) is 2.69. The van der Waals surface area contributed by atoms with Gasteiger partial charge in [-0.1, -0.05) is 34.7 Å². The molecule has 0 spiro atoms. The summed E-state index contributed by atoms with van der Waals surface area (Å²) in [7, 11) is 0. The summed E-state index contributed by atoms with van der Waals surface area (Å²) in [5.74, 6) is 0.197. The Morgan fingerprint density at radius 2 is 1.96 bits per heavy atom. The molecule has 0 saturated heterocycles. The molecule has 0 aliphatic heterocycles. The van der Waals surface area contributed by atoms with Crippen molar-refractivity contribution in [1.29, 1.82) is 5.26 Å². The van der Waals surface area contributed by atoms with Crippen molar-refractivity contribution in [2.75, 3.05) is 11.9 Å². The zero-order chi connectivity index (χ0) is 18.2. The lowest BCUT2D eigenvalue weighted by Gasteiger charge is -2.07. The topological polar surface area (TPSA) is 62.1 Å². The first-order valence-corrected chi connectivity index (χ1v) is 8.84. The SMILES string of the molecule is C=CCOc1ccc(/C=C(/C#N)C(=O)Nc2ccc(Br)cc2)cc1Br. The molecule has 0 bridgehead atoms. The van der Waals surface area contributed by atoms with Gasteiger partial charge in [0.25, 0.3) is 5.91 Å². The number of halogens is 2. The normalized spacial score (nSPS) is 10.7. The van der Waals surface area contributed by atoms with E-state index in [1.165, 1.54) is 6.08 Å². The molecule has 0 aliphatic rings. The van der Waals surface area contributed by atoms with Gasteiger partial charge in [0.15, 0.2) is 0 Å². The van der Waals surface area contributed by atoms with Gasteiger partial charge in [-0.3, -0.25) is 4.79 Å². The van der Waals surface area contributed by atoms with Crippen molar-refractivity contribution in [3.05, 3.63) is 75.2 Å². The fourth-order valence-electron chi connectivity index (χ4n) is 1.92. The summed E-state index contributed by atoms with van der Waals surface area (Å²) in [6.07, 6.45) is 3.18. The second-order valence-electron chi connectivity index (χ2n) is 4.92. The molecular weight excluding hydrogens is 448 g/mol. The van der Waals surface area contributed by atoms with E-state index in [2.05, 4.69) is 43.8 Å². The predicted molar refractivity (Wildman–Crippen MR) is 106 cm³/mol. The summed E-state index contributed by atoms with van der Waals surface area (Å²) in [5.41, 5.74) is 1.33. The molecule has 0 atom stereocenters. The number of ether oxygens (including phenoxy) is 1. The van der Waals surface area contributed by atoms with Gasteiger partial charge in [-0.2, -0.15) is 5.26 Å². The number of anilines is 1. The third-order valence-corrected chi connectivity index (χ3v) is 4.24. The third kappa shape index (κ3) is 5.59. The maximum atomic E-state index is 12.3. The summed E-state index contributed by atoms with van der Waals surface area (Å²) in [6.45, 7) is 3.99. The molecule has 6 heteroatoms. The second-order valence-corrected chi connectivity index (χ2v) is 6.69. The minimum atomic E-state index is -0.465. The first kappa shape index (κ1) is 19.0. The van der Waals surface area contributed by atoms with Gasteiger partial charge in [0.05, 0.1) is 4.47 Å². The van der Waals surface area contributed by atoms with Crippen LogP contribution in [0.15, 0.2) is 69.6 Å². The highest BCUT2D eigenvalue weighted by atomic mass is 79.9. The van der Waals surface area contributed by atoms with Crippen LogP contribution < -0.4 is 10.1 Å². The Kier molecular flexibility index (Phi) is 6.99. The number of carbonyl (C=O) groups is 1. The van der Waals surface area contributed by atoms with Gasteiger partial charge < -0.3 is 10.1 Å². The highest BCUT2D eigenvalue weighted by molar-refractivity contribution is 9.10. The lowest BCUT2D eigenvalue weighted by molar-refractivity contribution is -0.112. The second kappa shape index (κ2) is 9.21. The van der Waals surface area contributed by atoms with Crippen molar-refractivity contribution in [3.63, 3.8) is 0 Å². The number of nitrogens with zero attached hydrogens (tertiary/aromatic N) is 1. The van der Waals surface area contributed by atoms with Crippen LogP contribution in [0.4, 0.5) is 5.69 Å². The number of rotatable bonds is 6. The van der Waals surface area contributed by atoms with E-state index >= 15 is 0 Å². The van der Waals surface area contributed by atoms with Gasteiger partial charge in [0.2, 0.25) is 0 Å². The molecule has 2 aromatic rings. The summed E-state index contributed by atoms with van der Waals surface area (Å²) >= 11 is 6.74. The molecule has 1 N–H and O–H groups in total. The molecule has 25 heavy (non-hydrogen) atoms. The molecule has 1 amide bonds. The van der Waals surface area contributed by atoms with Gasteiger partial charge in [-0.05, 0) is 64.0 Å².